The van der Waals surface area contributed by atoms with Crippen LogP contribution in [0.2, 0.25) is 0 Å². The predicted molar refractivity (Wildman–Crippen MR) is 43.1 cm³/mol. The molecule has 0 radical (unpaired) electrons. The molecule has 1 heterocycles. The summed E-state index contributed by atoms with van der Waals surface area (Å²) in [5.74, 6) is 0.889. The van der Waals surface area contributed by atoms with Crippen LogP contribution >= 0.6 is 0 Å². The van der Waals surface area contributed by atoms with Crippen molar-refractivity contribution in [3.63, 3.8) is 0 Å². The Kier molecular flexibility index (Phi) is 2.00. The molecule has 1 rings (SSSR count). The lowest BCUT2D eigenvalue weighted by Crippen LogP contribution is -2.14. The first-order chi connectivity index (χ1) is 5.05. The van der Waals surface area contributed by atoms with E-state index in [4.69, 9.17) is 10.2 Å². The van der Waals surface area contributed by atoms with Gasteiger partial charge in [-0.05, 0) is 0 Å². The zero-order valence-corrected chi connectivity index (χ0v) is 7.22. The number of aromatic nitrogens is 1. The quantitative estimate of drug-likeness (QED) is 0.665. The van der Waals surface area contributed by atoms with Crippen molar-refractivity contribution in [2.75, 3.05) is 0 Å². The summed E-state index contributed by atoms with van der Waals surface area (Å²) < 4.78 is 5.23. The van der Waals surface area contributed by atoms with Crippen LogP contribution in [0.5, 0.6) is 0 Å². The normalized spacial score (nSPS) is 12.0. The first kappa shape index (κ1) is 8.27. The molecule has 0 saturated heterocycles. The highest BCUT2D eigenvalue weighted by molar-refractivity contribution is 5.15. The second-order valence-electron chi connectivity index (χ2n) is 3.58. The van der Waals surface area contributed by atoms with E-state index in [0.29, 0.717) is 6.54 Å². The molecule has 1 aromatic rings. The number of oxazole rings is 1. The van der Waals surface area contributed by atoms with E-state index in [0.717, 1.165) is 11.5 Å². The van der Waals surface area contributed by atoms with Crippen LogP contribution in [-0.2, 0) is 12.0 Å². The van der Waals surface area contributed by atoms with Gasteiger partial charge in [0.1, 0.15) is 5.76 Å². The van der Waals surface area contributed by atoms with Crippen molar-refractivity contribution in [3.8, 4) is 0 Å². The third-order valence-electron chi connectivity index (χ3n) is 1.52. The van der Waals surface area contributed by atoms with Crippen LogP contribution in [0.4, 0.5) is 0 Å². The standard InChI is InChI=1S/C8H14N2O/c1-8(2,3)7-6(4-9)10-5-11-7/h5H,4,9H2,1-3H3. The fourth-order valence-corrected chi connectivity index (χ4v) is 1.02. The van der Waals surface area contributed by atoms with Gasteiger partial charge in [0.2, 0.25) is 0 Å². The minimum absolute atomic E-state index is 0.00516. The monoisotopic (exact) mass is 154 g/mol. The van der Waals surface area contributed by atoms with Crippen LogP contribution < -0.4 is 5.73 Å². The molecule has 0 atom stereocenters. The lowest BCUT2D eigenvalue weighted by atomic mass is 9.92. The molecule has 0 bridgehead atoms. The maximum Gasteiger partial charge on any atom is 0.181 e. The molecule has 0 aromatic carbocycles. The summed E-state index contributed by atoms with van der Waals surface area (Å²) in [5.41, 5.74) is 6.33. The van der Waals surface area contributed by atoms with Crippen LogP contribution in [0, 0.1) is 0 Å². The van der Waals surface area contributed by atoms with Crippen LogP contribution in [0.1, 0.15) is 32.2 Å². The van der Waals surface area contributed by atoms with Crippen molar-refractivity contribution >= 4 is 0 Å². The third-order valence-corrected chi connectivity index (χ3v) is 1.52. The fraction of sp³-hybridized carbons (Fsp3) is 0.625. The van der Waals surface area contributed by atoms with Gasteiger partial charge in [-0.15, -0.1) is 0 Å². The SMILES string of the molecule is CC(C)(C)c1ocnc1CN. The van der Waals surface area contributed by atoms with Gasteiger partial charge in [-0.2, -0.15) is 0 Å². The van der Waals surface area contributed by atoms with Gasteiger partial charge in [0.15, 0.2) is 6.39 Å². The predicted octanol–water partition coefficient (Wildman–Crippen LogP) is 1.43. The molecule has 0 aliphatic heterocycles. The minimum atomic E-state index is 0.00516. The van der Waals surface area contributed by atoms with Crippen molar-refractivity contribution < 1.29 is 4.42 Å². The zero-order chi connectivity index (χ0) is 8.48. The summed E-state index contributed by atoms with van der Waals surface area (Å²) in [7, 11) is 0. The molecule has 0 amide bonds. The molecule has 11 heavy (non-hydrogen) atoms. The first-order valence-electron chi connectivity index (χ1n) is 3.68. The van der Waals surface area contributed by atoms with Crippen molar-refractivity contribution in [3.05, 3.63) is 17.8 Å². The highest BCUT2D eigenvalue weighted by atomic mass is 16.3. The Hall–Kier alpha value is -0.830. The van der Waals surface area contributed by atoms with E-state index in [1.165, 1.54) is 6.39 Å². The molecule has 0 aliphatic carbocycles. The van der Waals surface area contributed by atoms with Crippen LogP contribution in [0.15, 0.2) is 10.8 Å². The maximum atomic E-state index is 5.47. The highest BCUT2D eigenvalue weighted by Gasteiger charge is 2.21. The van der Waals surface area contributed by atoms with Crippen molar-refractivity contribution in [2.45, 2.75) is 32.7 Å². The van der Waals surface area contributed by atoms with E-state index in [9.17, 15) is 0 Å². The maximum absolute atomic E-state index is 5.47. The number of hydrogen-bond acceptors (Lipinski definition) is 3. The van der Waals surface area contributed by atoms with Gasteiger partial charge in [0.25, 0.3) is 0 Å². The van der Waals surface area contributed by atoms with E-state index in [1.807, 2.05) is 0 Å². The van der Waals surface area contributed by atoms with Crippen LogP contribution in [-0.4, -0.2) is 4.98 Å². The third kappa shape index (κ3) is 1.60. The van der Waals surface area contributed by atoms with E-state index in [1.54, 1.807) is 0 Å². The second-order valence-corrected chi connectivity index (χ2v) is 3.58. The van der Waals surface area contributed by atoms with Gasteiger partial charge >= 0.3 is 0 Å². The molecule has 1 aromatic heterocycles. The summed E-state index contributed by atoms with van der Waals surface area (Å²) in [6, 6.07) is 0. The summed E-state index contributed by atoms with van der Waals surface area (Å²) in [5, 5.41) is 0. The number of nitrogens with zero attached hydrogens (tertiary/aromatic N) is 1. The Morgan fingerprint density at radius 2 is 2.18 bits per heavy atom. The summed E-state index contributed by atoms with van der Waals surface area (Å²) >= 11 is 0. The molecule has 62 valence electrons. The number of nitrogens with two attached hydrogens (primary N) is 1. The van der Waals surface area contributed by atoms with Gasteiger partial charge in [0.05, 0.1) is 5.69 Å². The van der Waals surface area contributed by atoms with Gasteiger partial charge in [-0.1, -0.05) is 20.8 Å². The summed E-state index contributed by atoms with van der Waals surface area (Å²) in [6.07, 6.45) is 1.45. The lowest BCUT2D eigenvalue weighted by Gasteiger charge is -2.15. The Morgan fingerprint density at radius 3 is 2.55 bits per heavy atom. The number of rotatable bonds is 1. The molecule has 0 fully saturated rings. The largest absolute Gasteiger partial charge is 0.448 e. The molecule has 0 aliphatic rings. The van der Waals surface area contributed by atoms with Gasteiger partial charge in [-0.25, -0.2) is 4.98 Å². The smallest absolute Gasteiger partial charge is 0.181 e. The molecular formula is C8H14N2O. The Morgan fingerprint density at radius 1 is 1.55 bits per heavy atom. The van der Waals surface area contributed by atoms with Gasteiger partial charge in [-0.3, -0.25) is 0 Å². The first-order valence-corrected chi connectivity index (χ1v) is 3.68. The molecular weight excluding hydrogens is 140 g/mol. The molecule has 3 heteroatoms. The lowest BCUT2D eigenvalue weighted by molar-refractivity contribution is 0.403. The van der Waals surface area contributed by atoms with E-state index in [-0.39, 0.29) is 5.41 Å². The molecule has 0 spiro atoms. The van der Waals surface area contributed by atoms with Crippen molar-refractivity contribution in [1.82, 2.24) is 4.98 Å². The zero-order valence-electron chi connectivity index (χ0n) is 7.22. The fourth-order valence-electron chi connectivity index (χ4n) is 1.02. The van der Waals surface area contributed by atoms with Crippen molar-refractivity contribution in [2.24, 2.45) is 5.73 Å². The second kappa shape index (κ2) is 2.66. The average Bonchev–Trinajstić information content (AvgIpc) is 2.31. The van der Waals surface area contributed by atoms with E-state index < -0.39 is 0 Å². The van der Waals surface area contributed by atoms with Gasteiger partial charge in [0, 0.05) is 12.0 Å². The minimum Gasteiger partial charge on any atom is -0.448 e. The topological polar surface area (TPSA) is 52.0 Å². The highest BCUT2D eigenvalue weighted by Crippen LogP contribution is 2.24. The summed E-state index contributed by atoms with van der Waals surface area (Å²) in [6.45, 7) is 6.68. The Labute approximate surface area is 66.6 Å². The number of hydrogen-bond donors (Lipinski definition) is 1. The van der Waals surface area contributed by atoms with Crippen LogP contribution in [0.3, 0.4) is 0 Å². The van der Waals surface area contributed by atoms with E-state index in [2.05, 4.69) is 25.8 Å². The summed E-state index contributed by atoms with van der Waals surface area (Å²) in [4.78, 5) is 4.01. The molecule has 0 unspecified atom stereocenters. The van der Waals surface area contributed by atoms with Crippen molar-refractivity contribution in [1.29, 1.82) is 0 Å². The Bertz CT molecular complexity index is 234. The Balaban J connectivity index is 3.02. The van der Waals surface area contributed by atoms with E-state index >= 15 is 0 Å². The van der Waals surface area contributed by atoms with Gasteiger partial charge < -0.3 is 10.2 Å². The molecule has 2 N–H and O–H groups in total. The molecule has 3 nitrogen and oxygen atoms in total. The molecule has 0 saturated carbocycles. The average molecular weight is 154 g/mol. The van der Waals surface area contributed by atoms with Crippen LogP contribution in [0.25, 0.3) is 0 Å².